The molecule has 2 rings (SSSR count). The van der Waals surface area contributed by atoms with Crippen LogP contribution < -0.4 is 16.6 Å². The van der Waals surface area contributed by atoms with Gasteiger partial charge in [0.2, 0.25) is 0 Å². The molecular weight excluding hydrogens is 326 g/mol. The molecule has 3 atom stereocenters. The predicted molar refractivity (Wildman–Crippen MR) is 92.7 cm³/mol. The molecule has 0 aliphatic carbocycles. The van der Waals surface area contributed by atoms with Crippen LogP contribution in [0.4, 0.5) is 5.82 Å². The van der Waals surface area contributed by atoms with Crippen molar-refractivity contribution in [3.8, 4) is 11.8 Å². The second kappa shape index (κ2) is 9.29. The maximum atomic E-state index is 12.1. The highest BCUT2D eigenvalue weighted by atomic mass is 16.6. The van der Waals surface area contributed by atoms with Crippen molar-refractivity contribution in [3.63, 3.8) is 0 Å². The van der Waals surface area contributed by atoms with Gasteiger partial charge in [-0.25, -0.2) is 4.98 Å². The van der Waals surface area contributed by atoms with E-state index in [1.807, 2.05) is 0 Å². The van der Waals surface area contributed by atoms with Crippen LogP contribution in [-0.4, -0.2) is 61.5 Å². The van der Waals surface area contributed by atoms with Crippen LogP contribution >= 0.6 is 0 Å². The summed E-state index contributed by atoms with van der Waals surface area (Å²) in [6.07, 6.45) is 1.51. The maximum absolute atomic E-state index is 12.1. The van der Waals surface area contributed by atoms with Gasteiger partial charge in [-0.3, -0.25) is 10.2 Å². The van der Waals surface area contributed by atoms with Crippen LogP contribution in [0.5, 0.6) is 0 Å². The van der Waals surface area contributed by atoms with Crippen molar-refractivity contribution in [2.45, 2.75) is 31.3 Å². The Hall–Kier alpha value is -2.25. The van der Waals surface area contributed by atoms with Gasteiger partial charge in [0.15, 0.2) is 0 Å². The summed E-state index contributed by atoms with van der Waals surface area (Å²) in [4.78, 5) is 18.7. The summed E-state index contributed by atoms with van der Waals surface area (Å²) in [6, 6.07) is 0. The summed E-state index contributed by atoms with van der Waals surface area (Å²) in [7, 11) is 3.20. The minimum atomic E-state index is -0.445. The summed E-state index contributed by atoms with van der Waals surface area (Å²) >= 11 is 0. The molecule has 0 saturated carbocycles. The lowest BCUT2D eigenvalue weighted by atomic mass is 10.1. The number of methoxy groups -OCH3 is 2. The summed E-state index contributed by atoms with van der Waals surface area (Å²) in [6.45, 7) is 0.788. The SMILES string of the molecule is COC[C@H]1O[C@@H](Nc2nc[nH]c(=O)c2C(=N)C#CCCN)CC1OC. The molecule has 0 radical (unpaired) electrons. The van der Waals surface area contributed by atoms with Crippen molar-refractivity contribution in [2.24, 2.45) is 5.73 Å². The molecule has 1 aromatic heterocycles. The molecule has 1 saturated heterocycles. The Morgan fingerprint density at radius 1 is 1.60 bits per heavy atom. The number of nitrogens with two attached hydrogens (primary N) is 1. The first-order valence-corrected chi connectivity index (χ1v) is 7.90. The van der Waals surface area contributed by atoms with E-state index in [2.05, 4.69) is 27.1 Å². The summed E-state index contributed by atoms with van der Waals surface area (Å²) in [5.74, 6) is 5.61. The van der Waals surface area contributed by atoms with Gasteiger partial charge in [-0.1, -0.05) is 5.92 Å². The van der Waals surface area contributed by atoms with Crippen LogP contribution in [0.3, 0.4) is 0 Å². The van der Waals surface area contributed by atoms with Crippen molar-refractivity contribution in [1.82, 2.24) is 9.97 Å². The van der Waals surface area contributed by atoms with E-state index in [4.69, 9.17) is 25.4 Å². The van der Waals surface area contributed by atoms with E-state index in [-0.39, 0.29) is 29.3 Å². The fourth-order valence-corrected chi connectivity index (χ4v) is 2.55. The molecule has 2 heterocycles. The van der Waals surface area contributed by atoms with Crippen molar-refractivity contribution in [2.75, 3.05) is 32.7 Å². The van der Waals surface area contributed by atoms with Gasteiger partial charge in [-0.05, 0) is 5.92 Å². The first kappa shape index (κ1) is 19.1. The summed E-state index contributed by atoms with van der Waals surface area (Å²) < 4.78 is 16.4. The Morgan fingerprint density at radius 3 is 3.08 bits per heavy atom. The number of hydrogen-bond acceptors (Lipinski definition) is 8. The van der Waals surface area contributed by atoms with E-state index in [1.165, 1.54) is 6.33 Å². The molecule has 1 aliphatic heterocycles. The van der Waals surface area contributed by atoms with Gasteiger partial charge in [0, 0.05) is 33.6 Å². The fraction of sp³-hybridized carbons (Fsp3) is 0.562. The van der Waals surface area contributed by atoms with E-state index in [9.17, 15) is 4.79 Å². The summed E-state index contributed by atoms with van der Waals surface area (Å²) in [5.41, 5.74) is 4.88. The monoisotopic (exact) mass is 349 g/mol. The molecule has 0 amide bonds. The number of nitrogens with zero attached hydrogens (tertiary/aromatic N) is 1. The molecule has 0 spiro atoms. The number of anilines is 1. The molecular formula is C16H23N5O4. The number of nitrogens with one attached hydrogen (secondary N) is 3. The second-order valence-electron chi connectivity index (χ2n) is 5.44. The quantitative estimate of drug-likeness (QED) is 0.391. The summed E-state index contributed by atoms with van der Waals surface area (Å²) in [5, 5.41) is 11.1. The number of aromatic amines is 1. The average Bonchev–Trinajstić information content (AvgIpc) is 2.97. The number of ether oxygens (including phenoxy) is 3. The lowest BCUT2D eigenvalue weighted by molar-refractivity contribution is -0.0390. The average molecular weight is 349 g/mol. The van der Waals surface area contributed by atoms with Gasteiger partial charge in [-0.15, -0.1) is 0 Å². The molecule has 136 valence electrons. The topological polar surface area (TPSA) is 135 Å². The smallest absolute Gasteiger partial charge is 0.262 e. The van der Waals surface area contributed by atoms with Crippen molar-refractivity contribution >= 4 is 11.5 Å². The van der Waals surface area contributed by atoms with Gasteiger partial charge in [0.05, 0.1) is 19.0 Å². The molecule has 0 aromatic carbocycles. The van der Waals surface area contributed by atoms with Gasteiger partial charge in [0.25, 0.3) is 5.56 Å². The fourth-order valence-electron chi connectivity index (χ4n) is 2.55. The molecule has 1 aromatic rings. The lowest BCUT2D eigenvalue weighted by Crippen LogP contribution is -2.28. The van der Waals surface area contributed by atoms with Crippen LogP contribution in [0, 0.1) is 17.3 Å². The number of aromatic nitrogens is 2. The molecule has 25 heavy (non-hydrogen) atoms. The van der Waals surface area contributed by atoms with Crippen molar-refractivity contribution in [1.29, 1.82) is 5.41 Å². The predicted octanol–water partition coefficient (Wildman–Crippen LogP) is -0.322. The molecule has 1 fully saturated rings. The van der Waals surface area contributed by atoms with E-state index < -0.39 is 11.8 Å². The van der Waals surface area contributed by atoms with Gasteiger partial charge >= 0.3 is 0 Å². The van der Waals surface area contributed by atoms with Crippen molar-refractivity contribution < 1.29 is 14.2 Å². The van der Waals surface area contributed by atoms with E-state index in [0.29, 0.717) is 26.0 Å². The van der Waals surface area contributed by atoms with Gasteiger partial charge in [-0.2, -0.15) is 0 Å². The minimum absolute atomic E-state index is 0.0692. The third-order valence-electron chi connectivity index (χ3n) is 3.72. The first-order chi connectivity index (χ1) is 12.1. The second-order valence-corrected chi connectivity index (χ2v) is 5.44. The Balaban J connectivity index is 2.18. The number of H-pyrrole nitrogens is 1. The van der Waals surface area contributed by atoms with Crippen LogP contribution in [0.2, 0.25) is 0 Å². The molecule has 0 bridgehead atoms. The standard InChI is InChI=1S/C16H23N5O4/c1-23-8-12-11(24-2)7-13(25-12)21-15-14(16(22)20-9-19-15)10(18)5-3-4-6-17/h9,11-13,18H,4,6-8,17H2,1-2H3,(H2,19,20,21,22)/t11?,12-,13-/m1/s1. The minimum Gasteiger partial charge on any atom is -0.382 e. The van der Waals surface area contributed by atoms with Crippen LogP contribution in [0.25, 0.3) is 0 Å². The zero-order valence-electron chi connectivity index (χ0n) is 14.3. The van der Waals surface area contributed by atoms with E-state index in [1.54, 1.807) is 14.2 Å². The molecule has 1 aliphatic rings. The lowest BCUT2D eigenvalue weighted by Gasteiger charge is -2.16. The van der Waals surface area contributed by atoms with Crippen molar-refractivity contribution in [3.05, 3.63) is 22.2 Å². The largest absolute Gasteiger partial charge is 0.382 e. The Kier molecular flexibility index (Phi) is 7.09. The van der Waals surface area contributed by atoms with E-state index >= 15 is 0 Å². The maximum Gasteiger partial charge on any atom is 0.262 e. The normalized spacial score (nSPS) is 22.3. The zero-order valence-corrected chi connectivity index (χ0v) is 14.3. The highest BCUT2D eigenvalue weighted by Crippen LogP contribution is 2.24. The molecule has 9 heteroatoms. The van der Waals surface area contributed by atoms with Crippen LogP contribution in [0.1, 0.15) is 18.4 Å². The Morgan fingerprint density at radius 2 is 2.40 bits per heavy atom. The first-order valence-electron chi connectivity index (χ1n) is 7.90. The molecule has 1 unspecified atom stereocenters. The third kappa shape index (κ3) is 4.87. The van der Waals surface area contributed by atoms with Gasteiger partial charge in [0.1, 0.15) is 29.4 Å². The van der Waals surface area contributed by atoms with E-state index in [0.717, 1.165) is 0 Å². The highest BCUT2D eigenvalue weighted by Gasteiger charge is 2.36. The van der Waals surface area contributed by atoms with Gasteiger partial charge < -0.3 is 30.2 Å². The number of hydrogen-bond donors (Lipinski definition) is 4. The third-order valence-corrected chi connectivity index (χ3v) is 3.72. The highest BCUT2D eigenvalue weighted by molar-refractivity contribution is 6.13. The number of rotatable bonds is 7. The molecule has 9 nitrogen and oxygen atoms in total. The van der Waals surface area contributed by atoms with Crippen LogP contribution in [-0.2, 0) is 14.2 Å². The zero-order chi connectivity index (χ0) is 18.2. The Labute approximate surface area is 145 Å². The van der Waals surface area contributed by atoms with Crippen LogP contribution in [0.15, 0.2) is 11.1 Å². The Bertz CT molecular complexity index is 708. The molecule has 5 N–H and O–H groups in total.